The lowest BCUT2D eigenvalue weighted by molar-refractivity contribution is -0.102. The van der Waals surface area contributed by atoms with Gasteiger partial charge in [0.2, 0.25) is 0 Å². The molecule has 2 fully saturated rings. The van der Waals surface area contributed by atoms with Crippen molar-refractivity contribution >= 4 is 0 Å². The number of hydrogen-bond donors (Lipinski definition) is 1. The van der Waals surface area contributed by atoms with Gasteiger partial charge in [-0.05, 0) is 44.7 Å². The fraction of sp³-hybridized carbons (Fsp3) is 1.00. The van der Waals surface area contributed by atoms with E-state index < -0.39 is 0 Å². The van der Waals surface area contributed by atoms with Crippen molar-refractivity contribution < 1.29 is 4.74 Å². The van der Waals surface area contributed by atoms with Crippen LogP contribution >= 0.6 is 0 Å². The largest absolute Gasteiger partial charge is 0.375 e. The number of nitrogens with two attached hydrogens (primary N) is 1. The summed E-state index contributed by atoms with van der Waals surface area (Å²) in [4.78, 5) is 2.64. The van der Waals surface area contributed by atoms with Gasteiger partial charge in [-0.25, -0.2) is 0 Å². The number of ether oxygens (including phenoxy) is 1. The lowest BCUT2D eigenvalue weighted by Crippen LogP contribution is -2.49. The molecular weight excluding hydrogens is 224 g/mol. The van der Waals surface area contributed by atoms with E-state index in [2.05, 4.69) is 18.7 Å². The molecule has 0 aromatic heterocycles. The van der Waals surface area contributed by atoms with Crippen molar-refractivity contribution in [3.63, 3.8) is 0 Å². The Morgan fingerprint density at radius 3 is 2.72 bits per heavy atom. The van der Waals surface area contributed by atoms with E-state index >= 15 is 0 Å². The zero-order valence-corrected chi connectivity index (χ0v) is 12.2. The second kappa shape index (κ2) is 6.36. The van der Waals surface area contributed by atoms with Crippen LogP contribution in [0.2, 0.25) is 0 Å². The van der Waals surface area contributed by atoms with Gasteiger partial charge in [0.1, 0.15) is 0 Å². The third-order valence-corrected chi connectivity index (χ3v) is 4.85. The maximum Gasteiger partial charge on any atom is 0.0697 e. The number of nitrogens with zero attached hydrogens (tertiary/aromatic N) is 1. The van der Waals surface area contributed by atoms with Crippen LogP contribution in [-0.2, 0) is 4.74 Å². The van der Waals surface area contributed by atoms with Crippen LogP contribution in [0.5, 0.6) is 0 Å². The molecule has 3 heteroatoms. The maximum atomic E-state index is 6.13. The zero-order valence-electron chi connectivity index (χ0n) is 12.2. The van der Waals surface area contributed by atoms with E-state index in [1.807, 2.05) is 0 Å². The molecular formula is C15H30N2O. The van der Waals surface area contributed by atoms with E-state index in [4.69, 9.17) is 10.5 Å². The lowest BCUT2D eigenvalue weighted by atomic mass is 9.87. The SMILES string of the molecule is CCN(CC(C)CN)C1CCOC2(CCCC2)C1. The Hall–Kier alpha value is -0.120. The first-order valence-corrected chi connectivity index (χ1v) is 7.77. The Balaban J connectivity index is 1.93. The van der Waals surface area contributed by atoms with E-state index in [0.29, 0.717) is 5.92 Å². The van der Waals surface area contributed by atoms with Gasteiger partial charge in [-0.2, -0.15) is 0 Å². The van der Waals surface area contributed by atoms with Crippen LogP contribution < -0.4 is 5.73 Å². The first kappa shape index (κ1) is 14.3. The Morgan fingerprint density at radius 2 is 2.11 bits per heavy atom. The summed E-state index contributed by atoms with van der Waals surface area (Å²) in [5.41, 5.74) is 6.01. The fourth-order valence-corrected chi connectivity index (χ4v) is 3.69. The monoisotopic (exact) mass is 254 g/mol. The number of hydrogen-bond acceptors (Lipinski definition) is 3. The van der Waals surface area contributed by atoms with Gasteiger partial charge in [0.25, 0.3) is 0 Å². The average Bonchev–Trinajstić information content (AvgIpc) is 2.83. The Morgan fingerprint density at radius 1 is 1.39 bits per heavy atom. The smallest absolute Gasteiger partial charge is 0.0697 e. The highest BCUT2D eigenvalue weighted by molar-refractivity contribution is 4.94. The molecule has 0 aromatic rings. The van der Waals surface area contributed by atoms with Crippen molar-refractivity contribution in [2.24, 2.45) is 11.7 Å². The van der Waals surface area contributed by atoms with Crippen LogP contribution in [0, 0.1) is 5.92 Å². The summed E-state index contributed by atoms with van der Waals surface area (Å²) in [5, 5.41) is 0. The molecule has 2 atom stereocenters. The van der Waals surface area contributed by atoms with Crippen LogP contribution in [0.1, 0.15) is 52.4 Å². The summed E-state index contributed by atoms with van der Waals surface area (Å²) in [5.74, 6) is 0.604. The molecule has 1 aliphatic heterocycles. The van der Waals surface area contributed by atoms with Gasteiger partial charge in [-0.1, -0.05) is 26.7 Å². The standard InChI is InChI=1S/C15H30N2O/c1-3-17(12-13(2)11-16)14-6-9-18-15(10-14)7-4-5-8-15/h13-14H,3-12,16H2,1-2H3. The second-order valence-electron chi connectivity index (χ2n) is 6.31. The molecule has 2 rings (SSSR count). The highest BCUT2D eigenvalue weighted by atomic mass is 16.5. The molecule has 1 aliphatic carbocycles. The van der Waals surface area contributed by atoms with Crippen molar-refractivity contribution in [1.82, 2.24) is 4.90 Å². The van der Waals surface area contributed by atoms with Crippen LogP contribution in [-0.4, -0.2) is 42.8 Å². The van der Waals surface area contributed by atoms with Gasteiger partial charge in [0.15, 0.2) is 0 Å². The van der Waals surface area contributed by atoms with Crippen LogP contribution in [0.25, 0.3) is 0 Å². The van der Waals surface area contributed by atoms with Crippen molar-refractivity contribution in [2.75, 3.05) is 26.2 Å². The van der Waals surface area contributed by atoms with Gasteiger partial charge in [-0.15, -0.1) is 0 Å². The molecule has 2 aliphatic rings. The Bertz CT molecular complexity index is 251. The van der Waals surface area contributed by atoms with E-state index in [1.54, 1.807) is 0 Å². The van der Waals surface area contributed by atoms with Gasteiger partial charge >= 0.3 is 0 Å². The zero-order chi connectivity index (χ0) is 13.0. The molecule has 0 bridgehead atoms. The second-order valence-corrected chi connectivity index (χ2v) is 6.31. The molecule has 1 saturated heterocycles. The summed E-state index contributed by atoms with van der Waals surface area (Å²) < 4.78 is 6.13. The first-order chi connectivity index (χ1) is 8.69. The van der Waals surface area contributed by atoms with Gasteiger partial charge in [0.05, 0.1) is 5.60 Å². The highest BCUT2D eigenvalue weighted by Gasteiger charge is 2.41. The molecule has 18 heavy (non-hydrogen) atoms. The van der Waals surface area contributed by atoms with Crippen molar-refractivity contribution in [3.8, 4) is 0 Å². The van der Waals surface area contributed by atoms with Crippen molar-refractivity contribution in [3.05, 3.63) is 0 Å². The molecule has 1 saturated carbocycles. The topological polar surface area (TPSA) is 38.5 Å². The van der Waals surface area contributed by atoms with E-state index in [0.717, 1.165) is 32.3 Å². The molecule has 2 N–H and O–H groups in total. The van der Waals surface area contributed by atoms with Gasteiger partial charge in [-0.3, -0.25) is 0 Å². The highest BCUT2D eigenvalue weighted by Crippen LogP contribution is 2.41. The quantitative estimate of drug-likeness (QED) is 0.819. The first-order valence-electron chi connectivity index (χ1n) is 7.77. The van der Waals surface area contributed by atoms with Crippen LogP contribution in [0.4, 0.5) is 0 Å². The van der Waals surface area contributed by atoms with Gasteiger partial charge < -0.3 is 15.4 Å². The Labute approximate surface area is 112 Å². The van der Waals surface area contributed by atoms with Crippen LogP contribution in [0.15, 0.2) is 0 Å². The summed E-state index contributed by atoms with van der Waals surface area (Å²) in [6, 6.07) is 0.718. The normalized spacial score (nSPS) is 29.0. The van der Waals surface area contributed by atoms with Crippen molar-refractivity contribution in [2.45, 2.75) is 64.0 Å². The summed E-state index contributed by atoms with van der Waals surface area (Å²) in [6.07, 6.45) is 7.74. The molecule has 1 heterocycles. The fourth-order valence-electron chi connectivity index (χ4n) is 3.69. The molecule has 106 valence electrons. The summed E-state index contributed by atoms with van der Waals surface area (Å²) in [7, 11) is 0. The minimum atomic E-state index is 0.238. The Kier molecular flexibility index (Phi) is 5.05. The average molecular weight is 254 g/mol. The van der Waals surface area contributed by atoms with E-state index in [1.165, 1.54) is 38.5 Å². The molecule has 0 aromatic carbocycles. The lowest BCUT2D eigenvalue weighted by Gasteiger charge is -2.43. The minimum absolute atomic E-state index is 0.238. The maximum absolute atomic E-state index is 6.13. The van der Waals surface area contributed by atoms with E-state index in [9.17, 15) is 0 Å². The number of rotatable bonds is 5. The predicted molar refractivity (Wildman–Crippen MR) is 75.6 cm³/mol. The molecule has 0 amide bonds. The minimum Gasteiger partial charge on any atom is -0.375 e. The van der Waals surface area contributed by atoms with Crippen LogP contribution in [0.3, 0.4) is 0 Å². The predicted octanol–water partition coefficient (Wildman–Crippen LogP) is 2.39. The molecule has 0 radical (unpaired) electrons. The van der Waals surface area contributed by atoms with Crippen molar-refractivity contribution in [1.29, 1.82) is 0 Å². The van der Waals surface area contributed by atoms with Gasteiger partial charge in [0, 0.05) is 19.2 Å². The summed E-state index contributed by atoms with van der Waals surface area (Å²) >= 11 is 0. The molecule has 2 unspecified atom stereocenters. The van der Waals surface area contributed by atoms with E-state index in [-0.39, 0.29) is 5.60 Å². The summed E-state index contributed by atoms with van der Waals surface area (Å²) in [6.45, 7) is 8.58. The molecule has 3 nitrogen and oxygen atoms in total. The molecule has 1 spiro atoms. The third kappa shape index (κ3) is 3.25. The third-order valence-electron chi connectivity index (χ3n) is 4.85.